The first-order valence-electron chi connectivity index (χ1n) is 9.67. The number of halogens is 2. The summed E-state index contributed by atoms with van der Waals surface area (Å²) in [6.45, 7) is -0.446. The second-order valence-corrected chi connectivity index (χ2v) is 7.70. The number of fused-ring (bicyclic) bond motifs is 3. The van der Waals surface area contributed by atoms with Gasteiger partial charge in [0.05, 0.1) is 22.9 Å². The molecule has 0 N–H and O–H groups in total. The Hall–Kier alpha value is -3.61. The molecule has 164 valence electrons. The smallest absolute Gasteiger partial charge is 0.387 e. The Morgan fingerprint density at radius 1 is 1.16 bits per heavy atom. The predicted octanol–water partition coefficient (Wildman–Crippen LogP) is 3.18. The number of ether oxygens (including phenoxy) is 1. The maximum absolute atomic E-state index is 12.8. The molecule has 0 fully saturated rings. The van der Waals surface area contributed by atoms with Crippen molar-refractivity contribution in [2.24, 2.45) is 7.05 Å². The molecule has 0 saturated heterocycles. The summed E-state index contributed by atoms with van der Waals surface area (Å²) >= 11 is 1.41. The van der Waals surface area contributed by atoms with Crippen LogP contribution in [-0.2, 0) is 19.3 Å². The lowest BCUT2D eigenvalue weighted by molar-refractivity contribution is -0.0494. The van der Waals surface area contributed by atoms with Crippen LogP contribution in [0.1, 0.15) is 12.7 Å². The van der Waals surface area contributed by atoms with E-state index in [0.717, 1.165) is 11.0 Å². The highest BCUT2D eigenvalue weighted by molar-refractivity contribution is 7.98. The van der Waals surface area contributed by atoms with E-state index in [9.17, 15) is 8.78 Å². The van der Waals surface area contributed by atoms with E-state index in [1.165, 1.54) is 17.8 Å². The molecule has 0 radical (unpaired) electrons. The van der Waals surface area contributed by atoms with Gasteiger partial charge in [0, 0.05) is 13.6 Å². The van der Waals surface area contributed by atoms with E-state index in [4.69, 9.17) is 0 Å². The van der Waals surface area contributed by atoms with E-state index in [-0.39, 0.29) is 5.75 Å². The molecule has 0 aliphatic rings. The molecule has 10 nitrogen and oxygen atoms in total. The van der Waals surface area contributed by atoms with Crippen LogP contribution in [0.15, 0.2) is 41.9 Å². The lowest BCUT2D eigenvalue weighted by Gasteiger charge is -2.11. The molecule has 0 amide bonds. The number of aryl methyl sites for hydroxylation is 1. The van der Waals surface area contributed by atoms with Gasteiger partial charge in [0.1, 0.15) is 12.1 Å². The molecule has 0 bridgehead atoms. The molecule has 32 heavy (non-hydrogen) atoms. The molecule has 0 saturated carbocycles. The molecule has 13 heteroatoms. The van der Waals surface area contributed by atoms with Crippen LogP contribution in [0, 0.1) is 0 Å². The van der Waals surface area contributed by atoms with E-state index in [1.54, 1.807) is 39.9 Å². The van der Waals surface area contributed by atoms with E-state index < -0.39 is 6.61 Å². The highest BCUT2D eigenvalue weighted by atomic mass is 32.2. The lowest BCUT2D eigenvalue weighted by atomic mass is 10.2. The van der Waals surface area contributed by atoms with Crippen LogP contribution in [0.2, 0.25) is 0 Å². The fraction of sp³-hybridized carbons (Fsp3) is 0.263. The highest BCUT2D eigenvalue weighted by Gasteiger charge is 2.19. The van der Waals surface area contributed by atoms with Gasteiger partial charge < -0.3 is 9.30 Å². The summed E-state index contributed by atoms with van der Waals surface area (Å²) in [6, 6.07) is 6.53. The van der Waals surface area contributed by atoms with Gasteiger partial charge in [0.2, 0.25) is 0 Å². The number of rotatable bonds is 7. The first-order chi connectivity index (χ1) is 15.5. The normalized spacial score (nSPS) is 11.8. The molecule has 5 aromatic rings. The van der Waals surface area contributed by atoms with Gasteiger partial charge in [0.25, 0.3) is 0 Å². The zero-order valence-corrected chi connectivity index (χ0v) is 17.9. The minimum Gasteiger partial charge on any atom is -0.434 e. The van der Waals surface area contributed by atoms with Crippen molar-refractivity contribution < 1.29 is 13.5 Å². The van der Waals surface area contributed by atoms with Gasteiger partial charge in [-0.1, -0.05) is 23.9 Å². The quantitative estimate of drug-likeness (QED) is 0.344. The average Bonchev–Trinajstić information content (AvgIpc) is 3.48. The van der Waals surface area contributed by atoms with E-state index >= 15 is 0 Å². The fourth-order valence-electron chi connectivity index (χ4n) is 3.40. The van der Waals surface area contributed by atoms with Crippen LogP contribution >= 0.6 is 11.8 Å². The average molecular weight is 457 g/mol. The standard InChI is InChI=1S/C19H17F2N9OS/c1-3-29-17(11-6-4-5-7-13(11)31-18(20)21)25-26-19(29)32-9-14-24-16-12-8-23-28(2)15(12)22-10-30(16)27-14/h4-8,10,18H,3,9H2,1-2H3. The SMILES string of the molecule is CCn1c(SCc2nc3c4cnn(C)c4ncn3n2)nnc1-c1ccccc1OC(F)F. The highest BCUT2D eigenvalue weighted by Crippen LogP contribution is 2.32. The summed E-state index contributed by atoms with van der Waals surface area (Å²) in [5.74, 6) is 1.55. The van der Waals surface area contributed by atoms with Gasteiger partial charge in [-0.05, 0) is 19.1 Å². The second kappa shape index (κ2) is 8.15. The molecule has 1 aromatic carbocycles. The number of hydrogen-bond donors (Lipinski definition) is 0. The van der Waals surface area contributed by atoms with Gasteiger partial charge >= 0.3 is 6.61 Å². The number of thioether (sulfide) groups is 1. The van der Waals surface area contributed by atoms with Crippen LogP contribution in [0.4, 0.5) is 8.78 Å². The van der Waals surface area contributed by atoms with Crippen LogP contribution in [0.5, 0.6) is 5.75 Å². The summed E-state index contributed by atoms with van der Waals surface area (Å²) in [5, 5.41) is 18.6. The van der Waals surface area contributed by atoms with E-state index in [0.29, 0.717) is 40.3 Å². The monoisotopic (exact) mass is 457 g/mol. The van der Waals surface area contributed by atoms with E-state index in [2.05, 4.69) is 35.1 Å². The largest absolute Gasteiger partial charge is 0.434 e. The molecule has 4 aromatic heterocycles. The Kier molecular flexibility index (Phi) is 5.17. The molecule has 0 atom stereocenters. The number of para-hydroxylation sites is 1. The molecule has 0 unspecified atom stereocenters. The zero-order chi connectivity index (χ0) is 22.2. The van der Waals surface area contributed by atoms with Crippen molar-refractivity contribution in [1.29, 1.82) is 0 Å². The van der Waals surface area contributed by atoms with Gasteiger partial charge in [-0.3, -0.25) is 4.68 Å². The van der Waals surface area contributed by atoms with Crippen LogP contribution < -0.4 is 4.74 Å². The van der Waals surface area contributed by atoms with Crippen LogP contribution in [0.3, 0.4) is 0 Å². The first-order valence-corrected chi connectivity index (χ1v) is 10.7. The summed E-state index contributed by atoms with van der Waals surface area (Å²) < 4.78 is 35.4. The van der Waals surface area contributed by atoms with Gasteiger partial charge in [0.15, 0.2) is 28.1 Å². The summed E-state index contributed by atoms with van der Waals surface area (Å²) in [7, 11) is 1.82. The number of benzene rings is 1. The summed E-state index contributed by atoms with van der Waals surface area (Å²) in [4.78, 5) is 8.97. The molecule has 0 spiro atoms. The Morgan fingerprint density at radius 3 is 2.81 bits per heavy atom. The second-order valence-electron chi connectivity index (χ2n) is 6.76. The van der Waals surface area contributed by atoms with Gasteiger partial charge in [-0.25, -0.2) is 14.5 Å². The number of aromatic nitrogens is 9. The van der Waals surface area contributed by atoms with Crippen LogP contribution in [0.25, 0.3) is 28.1 Å². The fourth-order valence-corrected chi connectivity index (χ4v) is 4.25. The Balaban J connectivity index is 1.43. The van der Waals surface area contributed by atoms with Crippen molar-refractivity contribution in [3.8, 4) is 17.1 Å². The molecule has 0 aliphatic carbocycles. The van der Waals surface area contributed by atoms with Crippen molar-refractivity contribution in [2.45, 2.75) is 31.0 Å². The van der Waals surface area contributed by atoms with E-state index in [1.807, 2.05) is 18.5 Å². The molecule has 5 rings (SSSR count). The summed E-state index contributed by atoms with van der Waals surface area (Å²) in [6.07, 6.45) is 3.31. The molecule has 0 aliphatic heterocycles. The molecular formula is C19H17F2N9OS. The van der Waals surface area contributed by atoms with Gasteiger partial charge in [-0.2, -0.15) is 13.9 Å². The molecule has 4 heterocycles. The maximum atomic E-state index is 12.8. The molecular weight excluding hydrogens is 440 g/mol. The van der Waals surface area contributed by atoms with Crippen molar-refractivity contribution in [3.63, 3.8) is 0 Å². The van der Waals surface area contributed by atoms with Crippen molar-refractivity contribution in [2.75, 3.05) is 0 Å². The number of nitrogens with zero attached hydrogens (tertiary/aromatic N) is 9. The third-order valence-corrected chi connectivity index (χ3v) is 5.78. The number of alkyl halides is 2. The van der Waals surface area contributed by atoms with Crippen molar-refractivity contribution in [1.82, 2.24) is 44.1 Å². The third kappa shape index (κ3) is 3.53. The zero-order valence-electron chi connectivity index (χ0n) is 17.1. The lowest BCUT2D eigenvalue weighted by Crippen LogP contribution is -2.05. The summed E-state index contributed by atoms with van der Waals surface area (Å²) in [5.41, 5.74) is 1.85. The number of hydrogen-bond acceptors (Lipinski definition) is 8. The first kappa shape index (κ1) is 20.3. The predicted molar refractivity (Wildman–Crippen MR) is 112 cm³/mol. The van der Waals surface area contributed by atoms with Gasteiger partial charge in [-0.15, -0.1) is 15.3 Å². The van der Waals surface area contributed by atoms with Crippen molar-refractivity contribution >= 4 is 28.4 Å². The Morgan fingerprint density at radius 2 is 2.00 bits per heavy atom. The minimum atomic E-state index is -2.93. The minimum absolute atomic E-state index is 0.0520. The maximum Gasteiger partial charge on any atom is 0.387 e. The topological polar surface area (TPSA) is 101 Å². The third-order valence-electron chi connectivity index (χ3n) is 4.82. The Bertz CT molecular complexity index is 1410. The van der Waals surface area contributed by atoms with Crippen molar-refractivity contribution in [3.05, 3.63) is 42.6 Å². The van der Waals surface area contributed by atoms with Crippen LogP contribution in [-0.4, -0.2) is 50.7 Å². The Labute approximate surface area is 184 Å².